The number of hydrogen-bond acceptors (Lipinski definition) is 3. The molecule has 5 heteroatoms. The molecule has 1 atom stereocenters. The predicted octanol–water partition coefficient (Wildman–Crippen LogP) is 3.23. The van der Waals surface area contributed by atoms with E-state index in [0.29, 0.717) is 6.04 Å². The van der Waals surface area contributed by atoms with E-state index in [1.54, 1.807) is 0 Å². The minimum absolute atomic E-state index is 0.396. The van der Waals surface area contributed by atoms with E-state index in [1.807, 2.05) is 20.9 Å². The van der Waals surface area contributed by atoms with Gasteiger partial charge >= 0.3 is 0 Å². The normalized spacial score (nSPS) is 18.3. The van der Waals surface area contributed by atoms with Crippen LogP contribution in [-0.4, -0.2) is 32.1 Å². The molecule has 2 aromatic rings. The van der Waals surface area contributed by atoms with Crippen LogP contribution in [0, 0.1) is 13.8 Å². The van der Waals surface area contributed by atoms with Crippen molar-refractivity contribution in [3.63, 3.8) is 0 Å². The van der Waals surface area contributed by atoms with Crippen LogP contribution < -0.4 is 15.5 Å². The molecule has 2 N–H and O–H groups in total. The van der Waals surface area contributed by atoms with Crippen LogP contribution in [-0.2, 0) is 6.54 Å². The van der Waals surface area contributed by atoms with E-state index in [1.165, 1.54) is 17.7 Å². The van der Waals surface area contributed by atoms with Gasteiger partial charge in [0.2, 0.25) is 0 Å². The van der Waals surface area contributed by atoms with Gasteiger partial charge in [-0.3, -0.25) is 4.99 Å². The average Bonchev–Trinajstić information content (AvgIpc) is 2.97. The lowest BCUT2D eigenvalue weighted by atomic mass is 10.1. The van der Waals surface area contributed by atoms with Crippen molar-refractivity contribution in [1.82, 2.24) is 10.6 Å². The number of nitrogens with one attached hydrogen (secondary N) is 2. The summed E-state index contributed by atoms with van der Waals surface area (Å²) < 4.78 is 5.59. The SMILES string of the molecule is CN=C(NCc1cc(C)oc1C)NC1CCCN(c2ccccc2)C1. The summed E-state index contributed by atoms with van der Waals surface area (Å²) in [6.45, 7) is 6.80. The highest BCUT2D eigenvalue weighted by molar-refractivity contribution is 5.80. The Bertz CT molecular complexity index is 708. The number of guanidine groups is 1. The second-order valence-corrected chi connectivity index (χ2v) is 6.63. The van der Waals surface area contributed by atoms with Gasteiger partial charge in [-0.2, -0.15) is 0 Å². The van der Waals surface area contributed by atoms with Gasteiger partial charge in [0.25, 0.3) is 0 Å². The Morgan fingerprint density at radius 1 is 1.28 bits per heavy atom. The summed E-state index contributed by atoms with van der Waals surface area (Å²) in [4.78, 5) is 6.82. The Kier molecular flexibility index (Phi) is 5.64. The molecule has 1 aliphatic rings. The molecule has 2 heterocycles. The lowest BCUT2D eigenvalue weighted by Crippen LogP contribution is -2.51. The number of aliphatic imine (C=N–C) groups is 1. The first-order chi connectivity index (χ1) is 12.2. The summed E-state index contributed by atoms with van der Waals surface area (Å²) in [5.74, 6) is 2.76. The molecule has 5 nitrogen and oxygen atoms in total. The maximum absolute atomic E-state index is 5.59. The molecule has 3 rings (SSSR count). The van der Waals surface area contributed by atoms with Gasteiger partial charge in [-0.1, -0.05) is 18.2 Å². The van der Waals surface area contributed by atoms with Gasteiger partial charge in [0.15, 0.2) is 5.96 Å². The first-order valence-corrected chi connectivity index (χ1v) is 8.99. The van der Waals surface area contributed by atoms with Crippen molar-refractivity contribution >= 4 is 11.6 Å². The molecule has 1 aromatic carbocycles. The van der Waals surface area contributed by atoms with Gasteiger partial charge < -0.3 is 20.0 Å². The standard InChI is InChI=1S/C20H28N4O/c1-15-12-17(16(2)25-15)13-22-20(21-3)23-18-8-7-11-24(14-18)19-9-5-4-6-10-19/h4-6,9-10,12,18H,7-8,11,13-14H2,1-3H3,(H2,21,22,23). The van der Waals surface area contributed by atoms with Gasteiger partial charge in [0.05, 0.1) is 0 Å². The number of aryl methyl sites for hydroxylation is 2. The molecule has 0 spiro atoms. The van der Waals surface area contributed by atoms with Gasteiger partial charge in [-0.15, -0.1) is 0 Å². The van der Waals surface area contributed by atoms with Crippen molar-refractivity contribution < 1.29 is 4.42 Å². The van der Waals surface area contributed by atoms with Crippen LogP contribution in [0.15, 0.2) is 45.8 Å². The minimum atomic E-state index is 0.396. The quantitative estimate of drug-likeness (QED) is 0.663. The van der Waals surface area contributed by atoms with E-state index in [0.717, 1.165) is 43.5 Å². The number of piperidine rings is 1. The van der Waals surface area contributed by atoms with E-state index in [9.17, 15) is 0 Å². The van der Waals surface area contributed by atoms with Crippen LogP contribution in [0.4, 0.5) is 5.69 Å². The van der Waals surface area contributed by atoms with Crippen LogP contribution in [0.2, 0.25) is 0 Å². The summed E-state index contributed by atoms with van der Waals surface area (Å²) in [7, 11) is 1.82. The van der Waals surface area contributed by atoms with E-state index in [4.69, 9.17) is 4.42 Å². The topological polar surface area (TPSA) is 52.8 Å². The summed E-state index contributed by atoms with van der Waals surface area (Å²) in [6.07, 6.45) is 2.34. The van der Waals surface area contributed by atoms with Gasteiger partial charge in [0, 0.05) is 44.0 Å². The lowest BCUT2D eigenvalue weighted by Gasteiger charge is -2.35. The molecule has 1 aliphatic heterocycles. The van der Waals surface area contributed by atoms with Gasteiger partial charge in [-0.25, -0.2) is 0 Å². The first kappa shape index (κ1) is 17.4. The largest absolute Gasteiger partial charge is 0.466 e. The fourth-order valence-corrected chi connectivity index (χ4v) is 3.39. The van der Waals surface area contributed by atoms with Crippen molar-refractivity contribution in [2.75, 3.05) is 25.0 Å². The Balaban J connectivity index is 1.55. The van der Waals surface area contributed by atoms with Crippen LogP contribution in [0.3, 0.4) is 0 Å². The highest BCUT2D eigenvalue weighted by Crippen LogP contribution is 2.19. The van der Waals surface area contributed by atoms with Crippen molar-refractivity contribution in [2.45, 2.75) is 39.3 Å². The maximum atomic E-state index is 5.59. The molecule has 0 amide bonds. The molecular formula is C20H28N4O. The molecular weight excluding hydrogens is 312 g/mol. The zero-order chi connectivity index (χ0) is 17.6. The number of nitrogens with zero attached hydrogens (tertiary/aromatic N) is 2. The Morgan fingerprint density at radius 3 is 2.76 bits per heavy atom. The highest BCUT2D eigenvalue weighted by Gasteiger charge is 2.21. The van der Waals surface area contributed by atoms with Crippen LogP contribution in [0.25, 0.3) is 0 Å². The fraction of sp³-hybridized carbons (Fsp3) is 0.450. The van der Waals surface area contributed by atoms with E-state index in [-0.39, 0.29) is 0 Å². The molecule has 1 saturated heterocycles. The molecule has 1 fully saturated rings. The second kappa shape index (κ2) is 8.10. The number of furan rings is 1. The van der Waals surface area contributed by atoms with E-state index < -0.39 is 0 Å². The van der Waals surface area contributed by atoms with Crippen LogP contribution in [0.5, 0.6) is 0 Å². The molecule has 0 saturated carbocycles. The fourth-order valence-electron chi connectivity index (χ4n) is 3.39. The predicted molar refractivity (Wildman–Crippen MR) is 103 cm³/mol. The van der Waals surface area contributed by atoms with Gasteiger partial charge in [-0.05, 0) is 44.9 Å². The number of hydrogen-bond donors (Lipinski definition) is 2. The minimum Gasteiger partial charge on any atom is -0.466 e. The third kappa shape index (κ3) is 4.56. The van der Waals surface area contributed by atoms with E-state index >= 15 is 0 Å². The Labute approximate surface area is 150 Å². The second-order valence-electron chi connectivity index (χ2n) is 6.63. The number of rotatable bonds is 4. The molecule has 0 aliphatic carbocycles. The number of para-hydroxylation sites is 1. The van der Waals surface area contributed by atoms with Crippen molar-refractivity contribution in [1.29, 1.82) is 0 Å². The molecule has 0 bridgehead atoms. The van der Waals surface area contributed by atoms with Crippen LogP contribution >= 0.6 is 0 Å². The van der Waals surface area contributed by atoms with Crippen molar-refractivity contribution in [3.8, 4) is 0 Å². The Hall–Kier alpha value is -2.43. The van der Waals surface area contributed by atoms with Gasteiger partial charge in [0.1, 0.15) is 11.5 Å². The lowest BCUT2D eigenvalue weighted by molar-refractivity contribution is 0.467. The summed E-state index contributed by atoms with van der Waals surface area (Å²) in [6, 6.07) is 13.1. The van der Waals surface area contributed by atoms with Crippen molar-refractivity contribution in [3.05, 3.63) is 53.5 Å². The van der Waals surface area contributed by atoms with E-state index in [2.05, 4.69) is 56.9 Å². The highest BCUT2D eigenvalue weighted by atomic mass is 16.3. The Morgan fingerprint density at radius 2 is 2.08 bits per heavy atom. The first-order valence-electron chi connectivity index (χ1n) is 8.99. The molecule has 134 valence electrons. The number of anilines is 1. The zero-order valence-electron chi connectivity index (χ0n) is 15.4. The van der Waals surface area contributed by atoms with Crippen molar-refractivity contribution in [2.24, 2.45) is 4.99 Å². The average molecular weight is 340 g/mol. The molecule has 25 heavy (non-hydrogen) atoms. The molecule has 1 unspecified atom stereocenters. The van der Waals surface area contributed by atoms with Crippen LogP contribution in [0.1, 0.15) is 29.9 Å². The molecule has 1 aromatic heterocycles. The monoisotopic (exact) mass is 340 g/mol. The summed E-state index contributed by atoms with van der Waals surface area (Å²) in [5, 5.41) is 6.97. The summed E-state index contributed by atoms with van der Waals surface area (Å²) in [5.41, 5.74) is 2.47. The third-order valence-electron chi connectivity index (χ3n) is 4.70. The number of benzene rings is 1. The zero-order valence-corrected chi connectivity index (χ0v) is 15.4. The summed E-state index contributed by atoms with van der Waals surface area (Å²) >= 11 is 0. The maximum Gasteiger partial charge on any atom is 0.191 e. The smallest absolute Gasteiger partial charge is 0.191 e. The molecule has 0 radical (unpaired) electrons. The third-order valence-corrected chi connectivity index (χ3v) is 4.70.